The highest BCUT2D eigenvalue weighted by molar-refractivity contribution is 7.27. The topological polar surface area (TPSA) is 46.4 Å². The molecule has 0 fully saturated rings. The second kappa shape index (κ2) is 6.74. The molecular weight excluding hydrogens is 341 g/mol. The van der Waals surface area contributed by atoms with Crippen LogP contribution in [0.25, 0.3) is 5.65 Å². The Balaban J connectivity index is 1.66. The number of imidazole rings is 1. The van der Waals surface area contributed by atoms with Crippen LogP contribution in [0.4, 0.5) is 11.5 Å². The van der Waals surface area contributed by atoms with Crippen molar-refractivity contribution in [2.45, 2.75) is 6.92 Å². The van der Waals surface area contributed by atoms with Crippen LogP contribution in [0.3, 0.4) is 0 Å². The first-order valence-electron chi connectivity index (χ1n) is 8.32. The fourth-order valence-electron chi connectivity index (χ4n) is 2.87. The first kappa shape index (κ1) is 16.5. The summed E-state index contributed by atoms with van der Waals surface area (Å²) in [4.78, 5) is 17.2. The van der Waals surface area contributed by atoms with Gasteiger partial charge in [-0.2, -0.15) is 0 Å². The van der Waals surface area contributed by atoms with Crippen LogP contribution >= 0.6 is 9.24 Å². The maximum atomic E-state index is 12.6. The number of hydrogen-bond acceptors (Lipinski definition) is 3. The third-order valence-corrected chi connectivity index (χ3v) is 5.01. The molecule has 0 aliphatic heterocycles. The normalized spacial score (nSPS) is 10.8. The summed E-state index contributed by atoms with van der Waals surface area (Å²) in [5.41, 5.74) is 4.28. The van der Waals surface area contributed by atoms with Crippen LogP contribution in [0.15, 0.2) is 73.1 Å². The minimum absolute atomic E-state index is 0.00209. The van der Waals surface area contributed by atoms with Gasteiger partial charge in [0, 0.05) is 23.0 Å². The number of nitrogens with one attached hydrogen (secondary N) is 1. The summed E-state index contributed by atoms with van der Waals surface area (Å²) in [5, 5.41) is 4.50. The second-order valence-electron chi connectivity index (χ2n) is 6.15. The Morgan fingerprint density at radius 2 is 1.77 bits per heavy atom. The van der Waals surface area contributed by atoms with Gasteiger partial charge in [0.15, 0.2) is 5.78 Å². The summed E-state index contributed by atoms with van der Waals surface area (Å²) in [7, 11) is 2.73. The predicted molar refractivity (Wildman–Crippen MR) is 109 cm³/mol. The van der Waals surface area contributed by atoms with Gasteiger partial charge >= 0.3 is 0 Å². The van der Waals surface area contributed by atoms with E-state index in [1.54, 1.807) is 0 Å². The molecule has 0 bridgehead atoms. The number of rotatable bonds is 4. The summed E-state index contributed by atoms with van der Waals surface area (Å²) in [6, 6.07) is 19.0. The van der Waals surface area contributed by atoms with E-state index in [2.05, 4.69) is 32.5 Å². The minimum Gasteiger partial charge on any atom is -0.339 e. The smallest absolute Gasteiger partial charge is 0.194 e. The van der Waals surface area contributed by atoms with E-state index in [0.29, 0.717) is 11.1 Å². The lowest BCUT2D eigenvalue weighted by Crippen LogP contribution is -2.02. The van der Waals surface area contributed by atoms with Gasteiger partial charge in [-0.05, 0) is 36.0 Å². The Morgan fingerprint density at radius 3 is 2.58 bits per heavy atom. The molecule has 0 aliphatic carbocycles. The van der Waals surface area contributed by atoms with E-state index in [1.165, 1.54) is 0 Å². The molecule has 2 aromatic heterocycles. The number of benzene rings is 2. The fourth-order valence-corrected chi connectivity index (χ4v) is 3.14. The van der Waals surface area contributed by atoms with Crippen molar-refractivity contribution in [2.75, 3.05) is 5.32 Å². The lowest BCUT2D eigenvalue weighted by Gasteiger charge is -2.08. The largest absolute Gasteiger partial charge is 0.339 e. The predicted octanol–water partition coefficient (Wildman–Crippen LogP) is 4.12. The Hall–Kier alpha value is -2.97. The zero-order chi connectivity index (χ0) is 18.1. The summed E-state index contributed by atoms with van der Waals surface area (Å²) in [6.45, 7) is 2.07. The lowest BCUT2D eigenvalue weighted by atomic mass is 10.1. The number of nitrogens with zero attached hydrogens (tertiary/aromatic N) is 2. The molecule has 0 saturated heterocycles. The molecule has 128 valence electrons. The van der Waals surface area contributed by atoms with E-state index in [0.717, 1.165) is 28.0 Å². The summed E-state index contributed by atoms with van der Waals surface area (Å²) in [6.07, 6.45) is 3.72. The molecule has 0 saturated carbocycles. The number of carbonyl (C=O) groups is 1. The third kappa shape index (κ3) is 3.12. The molecule has 4 nitrogen and oxygen atoms in total. The zero-order valence-electron chi connectivity index (χ0n) is 14.3. The van der Waals surface area contributed by atoms with Crippen LogP contribution < -0.4 is 10.6 Å². The SMILES string of the molecule is Cc1c(P)cccc1Nc1cn2cc(C(=O)c3ccccc3)ccc2n1. The number of pyridine rings is 1. The molecule has 2 heterocycles. The van der Waals surface area contributed by atoms with Gasteiger partial charge in [-0.15, -0.1) is 9.24 Å². The number of aromatic nitrogens is 2. The lowest BCUT2D eigenvalue weighted by molar-refractivity contribution is 0.103. The van der Waals surface area contributed by atoms with Gasteiger partial charge in [-0.3, -0.25) is 4.79 Å². The number of ketones is 1. The molecular formula is C21H18N3OP. The number of fused-ring (bicyclic) bond motifs is 1. The minimum atomic E-state index is 0.00209. The van der Waals surface area contributed by atoms with E-state index in [1.807, 2.05) is 71.4 Å². The van der Waals surface area contributed by atoms with E-state index in [4.69, 9.17) is 0 Å². The van der Waals surface area contributed by atoms with Crippen LogP contribution in [0, 0.1) is 6.92 Å². The number of anilines is 2. The van der Waals surface area contributed by atoms with E-state index in [-0.39, 0.29) is 5.78 Å². The maximum absolute atomic E-state index is 12.6. The number of carbonyl (C=O) groups excluding carboxylic acids is 1. The molecule has 0 spiro atoms. The first-order chi connectivity index (χ1) is 12.6. The van der Waals surface area contributed by atoms with Crippen molar-refractivity contribution in [1.82, 2.24) is 9.38 Å². The van der Waals surface area contributed by atoms with E-state index in [9.17, 15) is 4.79 Å². The van der Waals surface area contributed by atoms with E-state index >= 15 is 0 Å². The molecule has 1 atom stereocenters. The average Bonchev–Trinajstić information content (AvgIpc) is 3.07. The molecule has 0 aliphatic rings. The second-order valence-corrected chi connectivity index (χ2v) is 6.77. The molecule has 4 aromatic rings. The van der Waals surface area contributed by atoms with Crippen molar-refractivity contribution in [3.05, 3.63) is 89.7 Å². The highest BCUT2D eigenvalue weighted by atomic mass is 31.0. The highest BCUT2D eigenvalue weighted by Crippen LogP contribution is 2.21. The summed E-state index contributed by atoms with van der Waals surface area (Å²) >= 11 is 0. The van der Waals surface area contributed by atoms with Crippen molar-refractivity contribution < 1.29 is 4.79 Å². The van der Waals surface area contributed by atoms with Crippen LogP contribution in [0.2, 0.25) is 0 Å². The van der Waals surface area contributed by atoms with Gasteiger partial charge in [-0.1, -0.05) is 42.5 Å². The van der Waals surface area contributed by atoms with Crippen molar-refractivity contribution in [1.29, 1.82) is 0 Å². The van der Waals surface area contributed by atoms with Gasteiger partial charge in [0.2, 0.25) is 0 Å². The van der Waals surface area contributed by atoms with Crippen molar-refractivity contribution in [3.8, 4) is 0 Å². The van der Waals surface area contributed by atoms with E-state index < -0.39 is 0 Å². The molecule has 26 heavy (non-hydrogen) atoms. The van der Waals surface area contributed by atoms with Crippen LogP contribution in [-0.2, 0) is 0 Å². The van der Waals surface area contributed by atoms with Gasteiger partial charge in [0.05, 0.1) is 6.20 Å². The molecule has 4 rings (SSSR count). The molecule has 1 unspecified atom stereocenters. The monoisotopic (exact) mass is 359 g/mol. The number of hydrogen-bond donors (Lipinski definition) is 1. The molecule has 0 amide bonds. The van der Waals surface area contributed by atoms with Gasteiger partial charge in [0.25, 0.3) is 0 Å². The Bertz CT molecular complexity index is 1100. The van der Waals surface area contributed by atoms with Gasteiger partial charge < -0.3 is 9.72 Å². The molecule has 1 N–H and O–H groups in total. The van der Waals surface area contributed by atoms with Gasteiger partial charge in [0.1, 0.15) is 11.5 Å². The van der Waals surface area contributed by atoms with Crippen molar-refractivity contribution in [2.24, 2.45) is 0 Å². The van der Waals surface area contributed by atoms with Crippen LogP contribution in [-0.4, -0.2) is 15.2 Å². The van der Waals surface area contributed by atoms with Crippen LogP contribution in [0.1, 0.15) is 21.5 Å². The Labute approximate surface area is 154 Å². The molecule has 0 radical (unpaired) electrons. The molecule has 2 aromatic carbocycles. The fraction of sp³-hybridized carbons (Fsp3) is 0.0476. The van der Waals surface area contributed by atoms with Crippen molar-refractivity contribution in [3.63, 3.8) is 0 Å². The Kier molecular flexibility index (Phi) is 4.27. The quantitative estimate of drug-likeness (QED) is 0.440. The standard InChI is InChI=1S/C21H18N3OP/c1-14-17(8-5-9-18(14)26)22-19-13-24-12-16(10-11-20(24)23-19)21(25)15-6-3-2-4-7-15/h2-13,22H,26H2,1H3. The van der Waals surface area contributed by atoms with Crippen LogP contribution in [0.5, 0.6) is 0 Å². The van der Waals surface area contributed by atoms with Gasteiger partial charge in [-0.25, -0.2) is 4.98 Å². The first-order valence-corrected chi connectivity index (χ1v) is 8.90. The Morgan fingerprint density at radius 1 is 0.962 bits per heavy atom. The average molecular weight is 359 g/mol. The summed E-state index contributed by atoms with van der Waals surface area (Å²) in [5.74, 6) is 0.746. The highest BCUT2D eigenvalue weighted by Gasteiger charge is 2.11. The maximum Gasteiger partial charge on any atom is 0.194 e. The van der Waals surface area contributed by atoms with Crippen molar-refractivity contribution >= 4 is 37.5 Å². The zero-order valence-corrected chi connectivity index (χ0v) is 15.5. The molecule has 5 heteroatoms. The third-order valence-electron chi connectivity index (χ3n) is 4.39. The summed E-state index contributed by atoms with van der Waals surface area (Å²) < 4.78 is 1.87.